The number of carbonyl (C=O) groups is 1. The summed E-state index contributed by atoms with van der Waals surface area (Å²) in [7, 11) is 0. The van der Waals surface area contributed by atoms with E-state index in [1.54, 1.807) is 6.20 Å². The molecule has 2 aliphatic heterocycles. The van der Waals surface area contributed by atoms with Crippen LogP contribution in [0.5, 0.6) is 0 Å². The van der Waals surface area contributed by atoms with E-state index in [1.807, 2.05) is 30.3 Å². The Hall–Kier alpha value is -2.64. The average Bonchev–Trinajstić information content (AvgIpc) is 3.44. The van der Waals surface area contributed by atoms with E-state index in [9.17, 15) is 4.79 Å². The monoisotopic (exact) mass is 425 g/mol. The van der Waals surface area contributed by atoms with E-state index in [2.05, 4.69) is 25.2 Å². The number of H-pyrrole nitrogens is 1. The number of carbonyl (C=O) groups excluding carboxylic acids is 1. The number of benzene rings is 1. The summed E-state index contributed by atoms with van der Waals surface area (Å²) in [6.45, 7) is 2.93. The summed E-state index contributed by atoms with van der Waals surface area (Å²) in [4.78, 5) is 27.3. The van der Waals surface area contributed by atoms with Crippen LogP contribution in [0.25, 0.3) is 22.4 Å². The minimum Gasteiger partial charge on any atom is -0.379 e. The third kappa shape index (κ3) is 3.87. The van der Waals surface area contributed by atoms with Gasteiger partial charge in [0.05, 0.1) is 28.7 Å². The minimum absolute atomic E-state index is 0.0454. The quantitative estimate of drug-likeness (QED) is 0.669. The van der Waals surface area contributed by atoms with Crippen LogP contribution >= 0.6 is 11.6 Å². The average molecular weight is 426 g/mol. The number of hydrogen-bond acceptors (Lipinski definition) is 5. The van der Waals surface area contributed by atoms with Crippen LogP contribution in [0.2, 0.25) is 5.02 Å². The van der Waals surface area contributed by atoms with Gasteiger partial charge in [-0.25, -0.2) is 9.97 Å². The van der Waals surface area contributed by atoms with Crippen LogP contribution < -0.4 is 10.2 Å². The zero-order valence-electron chi connectivity index (χ0n) is 16.6. The summed E-state index contributed by atoms with van der Waals surface area (Å²) in [5, 5.41) is 3.69. The number of aromatic nitrogens is 3. The summed E-state index contributed by atoms with van der Waals surface area (Å²) in [6, 6.07) is 10.1. The minimum atomic E-state index is 0.0454. The largest absolute Gasteiger partial charge is 0.379 e. The van der Waals surface area contributed by atoms with Crippen molar-refractivity contribution in [2.45, 2.75) is 25.3 Å². The van der Waals surface area contributed by atoms with Crippen molar-refractivity contribution in [2.75, 3.05) is 31.2 Å². The molecule has 1 unspecified atom stereocenters. The number of rotatable bonds is 4. The number of fused-ring (bicyclic) bond motifs is 1. The molecule has 2 aliphatic rings. The highest BCUT2D eigenvalue weighted by Gasteiger charge is 2.28. The lowest BCUT2D eigenvalue weighted by molar-refractivity contribution is -0.126. The Labute approximate surface area is 179 Å². The number of nitrogens with zero attached hydrogens (tertiary/aromatic N) is 3. The number of piperidine rings is 1. The van der Waals surface area contributed by atoms with Gasteiger partial charge in [0, 0.05) is 37.4 Å². The molecule has 1 aromatic carbocycles. The second-order valence-corrected chi connectivity index (χ2v) is 8.36. The third-order valence-electron chi connectivity index (χ3n) is 5.95. The molecule has 3 aromatic rings. The molecule has 8 heteroatoms. The molecule has 0 spiro atoms. The van der Waals surface area contributed by atoms with Gasteiger partial charge in [-0.05, 0) is 37.5 Å². The molecule has 1 atom stereocenters. The number of aromatic amines is 1. The van der Waals surface area contributed by atoms with Gasteiger partial charge in [-0.15, -0.1) is 0 Å². The highest BCUT2D eigenvalue weighted by Crippen LogP contribution is 2.31. The predicted octanol–water partition coefficient (Wildman–Crippen LogP) is 3.40. The van der Waals surface area contributed by atoms with Crippen LogP contribution in [0.1, 0.15) is 19.3 Å². The molecule has 30 heavy (non-hydrogen) atoms. The molecule has 0 bridgehead atoms. The van der Waals surface area contributed by atoms with Crippen LogP contribution in [0.3, 0.4) is 0 Å². The second-order valence-electron chi connectivity index (χ2n) is 7.96. The molecular weight excluding hydrogens is 402 g/mol. The first kappa shape index (κ1) is 19.3. The fraction of sp³-hybridized carbons (Fsp3) is 0.409. The maximum atomic E-state index is 12.5. The summed E-state index contributed by atoms with van der Waals surface area (Å²) in [5.41, 5.74) is 2.71. The second kappa shape index (κ2) is 8.24. The number of nitrogens with one attached hydrogen (secondary N) is 2. The van der Waals surface area contributed by atoms with Gasteiger partial charge in [-0.1, -0.05) is 23.7 Å². The van der Waals surface area contributed by atoms with Crippen LogP contribution in [-0.2, 0) is 9.53 Å². The Morgan fingerprint density at radius 1 is 1.23 bits per heavy atom. The first-order valence-corrected chi connectivity index (χ1v) is 10.8. The van der Waals surface area contributed by atoms with Gasteiger partial charge in [-0.3, -0.25) is 4.79 Å². The van der Waals surface area contributed by atoms with Gasteiger partial charge >= 0.3 is 0 Å². The summed E-state index contributed by atoms with van der Waals surface area (Å²) in [5.74, 6) is 1.79. The van der Waals surface area contributed by atoms with Crippen LogP contribution in [-0.4, -0.2) is 53.2 Å². The Kier molecular flexibility index (Phi) is 5.31. The number of ether oxygens (including phenoxy) is 1. The fourth-order valence-corrected chi connectivity index (χ4v) is 4.39. The molecule has 1 amide bonds. The number of imidazole rings is 1. The van der Waals surface area contributed by atoms with Gasteiger partial charge in [-0.2, -0.15) is 0 Å². The van der Waals surface area contributed by atoms with Crippen molar-refractivity contribution in [3.63, 3.8) is 0 Å². The molecule has 2 aromatic heterocycles. The molecule has 156 valence electrons. The van der Waals surface area contributed by atoms with E-state index in [-0.39, 0.29) is 17.9 Å². The molecule has 0 saturated carbocycles. The molecule has 2 fully saturated rings. The Morgan fingerprint density at radius 3 is 2.83 bits per heavy atom. The number of anilines is 1. The number of halogens is 1. The summed E-state index contributed by atoms with van der Waals surface area (Å²) >= 11 is 6.44. The molecule has 2 saturated heterocycles. The van der Waals surface area contributed by atoms with Gasteiger partial charge < -0.3 is 19.9 Å². The first-order valence-electron chi connectivity index (χ1n) is 10.4. The van der Waals surface area contributed by atoms with Crippen molar-refractivity contribution in [1.29, 1.82) is 0 Å². The molecule has 4 heterocycles. The topological polar surface area (TPSA) is 83.1 Å². The van der Waals surface area contributed by atoms with Crippen molar-refractivity contribution in [1.82, 2.24) is 20.3 Å². The molecule has 0 radical (unpaired) electrons. The van der Waals surface area contributed by atoms with Crippen molar-refractivity contribution >= 4 is 34.4 Å². The standard InChI is InChI=1S/C22H24ClN5O2/c23-17-12-24-20(11-16(17)21-26-18-3-1-2-4-19(18)27-21)28-8-5-14(6-9-28)22(29)25-15-7-10-30-13-15/h1-4,11-12,14-15H,5-10,13H2,(H,25,29)(H,26,27). The smallest absolute Gasteiger partial charge is 0.223 e. The Morgan fingerprint density at radius 2 is 2.07 bits per heavy atom. The van der Waals surface area contributed by atoms with Gasteiger partial charge in [0.25, 0.3) is 0 Å². The van der Waals surface area contributed by atoms with E-state index >= 15 is 0 Å². The molecular formula is C22H24ClN5O2. The summed E-state index contributed by atoms with van der Waals surface area (Å²) in [6.07, 6.45) is 4.20. The highest BCUT2D eigenvalue weighted by molar-refractivity contribution is 6.33. The number of amides is 1. The van der Waals surface area contributed by atoms with E-state index in [1.165, 1.54) is 0 Å². The van der Waals surface area contributed by atoms with Crippen LogP contribution in [0.4, 0.5) is 5.82 Å². The first-order chi connectivity index (χ1) is 14.7. The van der Waals surface area contributed by atoms with Crippen LogP contribution in [0, 0.1) is 5.92 Å². The lowest BCUT2D eigenvalue weighted by Crippen LogP contribution is -2.44. The SMILES string of the molecule is O=C(NC1CCOC1)C1CCN(c2cc(-c3nc4ccccc4[nH]3)c(Cl)cn2)CC1. The van der Waals surface area contributed by atoms with E-state index < -0.39 is 0 Å². The maximum Gasteiger partial charge on any atom is 0.223 e. The lowest BCUT2D eigenvalue weighted by atomic mass is 9.95. The predicted molar refractivity (Wildman–Crippen MR) is 117 cm³/mol. The normalized spacial score (nSPS) is 20.0. The van der Waals surface area contributed by atoms with E-state index in [0.29, 0.717) is 11.6 Å². The lowest BCUT2D eigenvalue weighted by Gasteiger charge is -2.32. The summed E-state index contributed by atoms with van der Waals surface area (Å²) < 4.78 is 5.35. The van der Waals surface area contributed by atoms with E-state index in [4.69, 9.17) is 16.3 Å². The van der Waals surface area contributed by atoms with Crippen molar-refractivity contribution < 1.29 is 9.53 Å². The zero-order valence-corrected chi connectivity index (χ0v) is 17.4. The molecule has 5 rings (SSSR count). The fourth-order valence-electron chi connectivity index (χ4n) is 4.20. The number of hydrogen-bond donors (Lipinski definition) is 2. The zero-order chi connectivity index (χ0) is 20.5. The Balaban J connectivity index is 1.28. The van der Waals surface area contributed by atoms with Crippen LogP contribution in [0.15, 0.2) is 36.5 Å². The molecule has 2 N–H and O–H groups in total. The van der Waals surface area contributed by atoms with Crippen molar-refractivity contribution in [3.8, 4) is 11.4 Å². The van der Waals surface area contributed by atoms with E-state index in [0.717, 1.165) is 67.2 Å². The van der Waals surface area contributed by atoms with Crippen molar-refractivity contribution in [3.05, 3.63) is 41.6 Å². The Bertz CT molecular complexity index is 1020. The van der Waals surface area contributed by atoms with Gasteiger partial charge in [0.15, 0.2) is 0 Å². The third-order valence-corrected chi connectivity index (χ3v) is 6.25. The highest BCUT2D eigenvalue weighted by atomic mass is 35.5. The van der Waals surface area contributed by atoms with Crippen molar-refractivity contribution in [2.24, 2.45) is 5.92 Å². The maximum absolute atomic E-state index is 12.5. The molecule has 0 aliphatic carbocycles. The van der Waals surface area contributed by atoms with Gasteiger partial charge in [0.2, 0.25) is 5.91 Å². The van der Waals surface area contributed by atoms with Gasteiger partial charge in [0.1, 0.15) is 11.6 Å². The molecule has 7 nitrogen and oxygen atoms in total. The number of pyridine rings is 1. The number of para-hydroxylation sites is 2.